The van der Waals surface area contributed by atoms with Gasteiger partial charge in [0.2, 0.25) is 0 Å². The van der Waals surface area contributed by atoms with E-state index in [1.54, 1.807) is 0 Å². The number of aliphatic hydroxyl groups is 1. The van der Waals surface area contributed by atoms with E-state index in [1.165, 1.54) is 16.7 Å². The normalized spacial score (nSPS) is 13.9. The lowest BCUT2D eigenvalue weighted by Crippen LogP contribution is -2.20. The minimum Gasteiger partial charge on any atom is -0.392 e. The zero-order valence-corrected chi connectivity index (χ0v) is 13.0. The summed E-state index contributed by atoms with van der Waals surface area (Å²) >= 11 is 0. The van der Waals surface area contributed by atoms with E-state index in [1.807, 2.05) is 0 Å². The van der Waals surface area contributed by atoms with E-state index in [0.29, 0.717) is 12.5 Å². The third-order valence-corrected chi connectivity index (χ3v) is 3.59. The van der Waals surface area contributed by atoms with Crippen molar-refractivity contribution in [1.29, 1.82) is 0 Å². The van der Waals surface area contributed by atoms with Gasteiger partial charge in [0.1, 0.15) is 0 Å². The van der Waals surface area contributed by atoms with Crippen LogP contribution < -0.4 is 5.73 Å². The van der Waals surface area contributed by atoms with Crippen LogP contribution in [0, 0.1) is 0 Å². The van der Waals surface area contributed by atoms with Crippen LogP contribution in [0.1, 0.15) is 63.6 Å². The average molecular weight is 263 g/mol. The summed E-state index contributed by atoms with van der Waals surface area (Å²) in [4.78, 5) is 0. The van der Waals surface area contributed by atoms with Crippen LogP contribution in [0.25, 0.3) is 0 Å². The van der Waals surface area contributed by atoms with Gasteiger partial charge in [-0.25, -0.2) is 0 Å². The summed E-state index contributed by atoms with van der Waals surface area (Å²) in [6.07, 6.45) is 1.24. The molecule has 0 aliphatic carbocycles. The number of hydrogen-bond acceptors (Lipinski definition) is 2. The standard InChI is InChI=1S/C17H29NO/c1-12(2)14-8-13(6-7-16(19)11-18)9-15(10-14)17(3,4)5/h8-10,12,16,19H,6-7,11,18H2,1-5H3/t16-/m0/s1. The van der Waals surface area contributed by atoms with Crippen molar-refractivity contribution in [2.75, 3.05) is 6.54 Å². The molecule has 0 aromatic heterocycles. The molecule has 1 rings (SSSR count). The van der Waals surface area contributed by atoms with Crippen molar-refractivity contribution < 1.29 is 5.11 Å². The van der Waals surface area contributed by atoms with Crippen LogP contribution >= 0.6 is 0 Å². The predicted octanol–water partition coefficient (Wildman–Crippen LogP) is 3.36. The Labute approximate surface area is 118 Å². The van der Waals surface area contributed by atoms with Crippen LogP contribution in [0.4, 0.5) is 0 Å². The Balaban J connectivity index is 3.00. The first-order chi connectivity index (χ1) is 8.74. The second-order valence-corrected chi connectivity index (χ2v) is 6.80. The van der Waals surface area contributed by atoms with Crippen molar-refractivity contribution in [3.05, 3.63) is 34.9 Å². The smallest absolute Gasteiger partial charge is 0.0665 e. The van der Waals surface area contributed by atoms with Crippen molar-refractivity contribution >= 4 is 0 Å². The molecule has 0 fully saturated rings. The molecule has 1 aromatic rings. The van der Waals surface area contributed by atoms with Crippen molar-refractivity contribution in [2.24, 2.45) is 5.73 Å². The summed E-state index contributed by atoms with van der Waals surface area (Å²) in [5.74, 6) is 0.528. The van der Waals surface area contributed by atoms with Gasteiger partial charge in [-0.05, 0) is 40.9 Å². The Kier molecular flexibility index (Phi) is 5.57. The van der Waals surface area contributed by atoms with Gasteiger partial charge in [0.05, 0.1) is 6.10 Å². The van der Waals surface area contributed by atoms with Gasteiger partial charge in [-0.3, -0.25) is 0 Å². The Bertz CT molecular complexity index is 404. The zero-order valence-electron chi connectivity index (χ0n) is 13.0. The molecular formula is C17H29NO. The fourth-order valence-corrected chi connectivity index (χ4v) is 2.08. The van der Waals surface area contributed by atoms with Crippen LogP contribution in [-0.4, -0.2) is 17.8 Å². The lowest BCUT2D eigenvalue weighted by molar-refractivity contribution is 0.173. The summed E-state index contributed by atoms with van der Waals surface area (Å²) in [5.41, 5.74) is 9.68. The maximum Gasteiger partial charge on any atom is 0.0665 e. The lowest BCUT2D eigenvalue weighted by Gasteiger charge is -2.22. The molecule has 108 valence electrons. The van der Waals surface area contributed by atoms with E-state index in [0.717, 1.165) is 12.8 Å². The molecule has 2 nitrogen and oxygen atoms in total. The molecule has 0 saturated carbocycles. The van der Waals surface area contributed by atoms with E-state index < -0.39 is 0 Å². The molecule has 2 heteroatoms. The van der Waals surface area contributed by atoms with Crippen molar-refractivity contribution in [3.8, 4) is 0 Å². The quantitative estimate of drug-likeness (QED) is 0.855. The number of rotatable bonds is 5. The second kappa shape index (κ2) is 6.53. The Morgan fingerprint density at radius 1 is 1.16 bits per heavy atom. The molecule has 0 radical (unpaired) electrons. The summed E-state index contributed by atoms with van der Waals surface area (Å²) in [6, 6.07) is 6.85. The third-order valence-electron chi connectivity index (χ3n) is 3.59. The molecule has 0 heterocycles. The molecule has 0 spiro atoms. The van der Waals surface area contributed by atoms with Gasteiger partial charge < -0.3 is 10.8 Å². The van der Waals surface area contributed by atoms with E-state index in [4.69, 9.17) is 5.73 Å². The Morgan fingerprint density at radius 2 is 1.79 bits per heavy atom. The number of hydrogen-bond donors (Lipinski definition) is 2. The molecule has 0 bridgehead atoms. The zero-order chi connectivity index (χ0) is 14.6. The fraction of sp³-hybridized carbons (Fsp3) is 0.647. The maximum absolute atomic E-state index is 9.60. The summed E-state index contributed by atoms with van der Waals surface area (Å²) < 4.78 is 0. The van der Waals surface area contributed by atoms with Gasteiger partial charge in [0, 0.05) is 6.54 Å². The molecule has 1 atom stereocenters. The highest BCUT2D eigenvalue weighted by Gasteiger charge is 2.16. The maximum atomic E-state index is 9.60. The number of aliphatic hydroxyl groups excluding tert-OH is 1. The first kappa shape index (κ1) is 16.2. The van der Waals surface area contributed by atoms with E-state index >= 15 is 0 Å². The molecule has 3 N–H and O–H groups in total. The van der Waals surface area contributed by atoms with Gasteiger partial charge in [0.25, 0.3) is 0 Å². The highest BCUT2D eigenvalue weighted by Crippen LogP contribution is 2.28. The minimum absolute atomic E-state index is 0.159. The van der Waals surface area contributed by atoms with Crippen LogP contribution in [0.15, 0.2) is 18.2 Å². The molecule has 0 aliphatic heterocycles. The SMILES string of the molecule is CC(C)c1cc(CC[C@H](O)CN)cc(C(C)(C)C)c1. The minimum atomic E-state index is -0.388. The van der Waals surface area contributed by atoms with E-state index in [-0.39, 0.29) is 11.5 Å². The van der Waals surface area contributed by atoms with Gasteiger partial charge >= 0.3 is 0 Å². The third kappa shape index (κ3) is 4.96. The largest absolute Gasteiger partial charge is 0.392 e. The monoisotopic (exact) mass is 263 g/mol. The van der Waals surface area contributed by atoms with Crippen LogP contribution in [-0.2, 0) is 11.8 Å². The van der Waals surface area contributed by atoms with Crippen molar-refractivity contribution in [1.82, 2.24) is 0 Å². The summed E-state index contributed by atoms with van der Waals surface area (Å²) in [6.45, 7) is 11.5. The van der Waals surface area contributed by atoms with Crippen molar-refractivity contribution in [2.45, 2.75) is 64.9 Å². The van der Waals surface area contributed by atoms with Crippen LogP contribution in [0.3, 0.4) is 0 Å². The lowest BCUT2D eigenvalue weighted by atomic mass is 9.83. The number of aryl methyl sites for hydroxylation is 1. The predicted molar refractivity (Wildman–Crippen MR) is 82.6 cm³/mol. The average Bonchev–Trinajstić information content (AvgIpc) is 2.34. The molecule has 0 aliphatic rings. The summed E-state index contributed by atoms with van der Waals surface area (Å²) in [7, 11) is 0. The van der Waals surface area contributed by atoms with E-state index in [2.05, 4.69) is 52.8 Å². The fourth-order valence-electron chi connectivity index (χ4n) is 2.08. The second-order valence-electron chi connectivity index (χ2n) is 6.80. The van der Waals surface area contributed by atoms with Gasteiger partial charge in [-0.15, -0.1) is 0 Å². The summed E-state index contributed by atoms with van der Waals surface area (Å²) in [5, 5.41) is 9.60. The first-order valence-electron chi connectivity index (χ1n) is 7.26. The van der Waals surface area contributed by atoms with Crippen molar-refractivity contribution in [3.63, 3.8) is 0 Å². The highest BCUT2D eigenvalue weighted by molar-refractivity contribution is 5.35. The van der Waals surface area contributed by atoms with E-state index in [9.17, 15) is 5.11 Å². The van der Waals surface area contributed by atoms with Crippen LogP contribution in [0.2, 0.25) is 0 Å². The van der Waals surface area contributed by atoms with Gasteiger partial charge in [-0.1, -0.05) is 52.8 Å². The molecule has 1 aromatic carbocycles. The van der Waals surface area contributed by atoms with Crippen LogP contribution in [0.5, 0.6) is 0 Å². The molecular weight excluding hydrogens is 234 g/mol. The Morgan fingerprint density at radius 3 is 2.26 bits per heavy atom. The molecule has 19 heavy (non-hydrogen) atoms. The Hall–Kier alpha value is -0.860. The number of nitrogens with two attached hydrogens (primary N) is 1. The highest BCUT2D eigenvalue weighted by atomic mass is 16.3. The topological polar surface area (TPSA) is 46.2 Å². The first-order valence-corrected chi connectivity index (χ1v) is 7.26. The van der Waals surface area contributed by atoms with Gasteiger partial charge in [0.15, 0.2) is 0 Å². The molecule has 0 unspecified atom stereocenters. The van der Waals surface area contributed by atoms with Gasteiger partial charge in [-0.2, -0.15) is 0 Å². The molecule has 0 saturated heterocycles. The number of benzene rings is 1. The molecule has 0 amide bonds.